The third kappa shape index (κ3) is 7.52. The number of halogens is 5. The minimum atomic E-state index is -4.76. The van der Waals surface area contributed by atoms with Gasteiger partial charge in [0, 0.05) is 13.1 Å². The van der Waals surface area contributed by atoms with Crippen LogP contribution in [0.25, 0.3) is 0 Å². The summed E-state index contributed by atoms with van der Waals surface area (Å²) in [5, 5.41) is 5.43. The molecule has 3 unspecified atom stereocenters. The second-order valence-corrected chi connectivity index (χ2v) is 10.9. The highest BCUT2D eigenvalue weighted by Gasteiger charge is 2.51. The summed E-state index contributed by atoms with van der Waals surface area (Å²) in [7, 11) is 0. The van der Waals surface area contributed by atoms with Gasteiger partial charge in [-0.1, -0.05) is 38.3 Å². The lowest BCUT2D eigenvalue weighted by molar-refractivity contribution is -0.157. The van der Waals surface area contributed by atoms with Crippen molar-refractivity contribution in [1.82, 2.24) is 26.0 Å². The van der Waals surface area contributed by atoms with Crippen LogP contribution in [0.15, 0.2) is 0 Å². The zero-order chi connectivity index (χ0) is 29.1. The highest BCUT2D eigenvalue weighted by atomic mass is 35.5. The number of hydrogen-bond acceptors (Lipinski definition) is 5. The van der Waals surface area contributed by atoms with Gasteiger partial charge in [-0.3, -0.25) is 29.4 Å². The summed E-state index contributed by atoms with van der Waals surface area (Å²) in [6.45, 7) is 3.49. The summed E-state index contributed by atoms with van der Waals surface area (Å²) in [6, 6.07) is -2.42. The van der Waals surface area contributed by atoms with Crippen LogP contribution in [0.3, 0.4) is 0 Å². The van der Waals surface area contributed by atoms with Gasteiger partial charge in [0.25, 0.3) is 17.4 Å². The smallest absolute Gasteiger partial charge is 0.356 e. The summed E-state index contributed by atoms with van der Waals surface area (Å²) in [6.07, 6.45) is -3.71. The summed E-state index contributed by atoms with van der Waals surface area (Å²) in [5.41, 5.74) is -0.142. The van der Waals surface area contributed by atoms with Crippen LogP contribution in [-0.4, -0.2) is 83.0 Å². The monoisotopic (exact) mass is 583 g/mol. The maximum Gasteiger partial charge on any atom is 0.397 e. The summed E-state index contributed by atoms with van der Waals surface area (Å²) in [5.74, 6) is -6.13. The molecule has 3 aliphatic rings. The molecule has 10 nitrogen and oxygen atoms in total. The van der Waals surface area contributed by atoms with Crippen molar-refractivity contribution >= 4 is 41.1 Å². The molecule has 0 aromatic carbocycles. The van der Waals surface area contributed by atoms with Crippen molar-refractivity contribution in [2.75, 3.05) is 19.6 Å². The standard InChI is InChI=1S/C24H34ClF4N5O5/c1-3-12(2)17(31-16(35)9-24(27,28)29)22(38)33-10-13-5-4-6-15(13)18(33)21(37)32-34(23(39)19(25)26)11-14-7-8-30-20(14)36/h12-15,17-19H,3-11H2,1-2H3,(H,30,36)(H,31,35)(H,32,37)/t12?,13-,14-,15-,17?,18-,19?/m0/s1. The van der Waals surface area contributed by atoms with Gasteiger partial charge in [0.2, 0.25) is 17.7 Å². The van der Waals surface area contributed by atoms with Crippen LogP contribution in [0.4, 0.5) is 17.6 Å². The van der Waals surface area contributed by atoms with Crippen molar-refractivity contribution in [2.45, 2.75) is 76.3 Å². The number of hydrazine groups is 1. The van der Waals surface area contributed by atoms with Gasteiger partial charge in [0.15, 0.2) is 0 Å². The number of rotatable bonds is 9. The maximum absolute atomic E-state index is 13.8. The molecular weight excluding hydrogens is 550 g/mol. The Kier molecular flexibility index (Phi) is 10.1. The zero-order valence-electron chi connectivity index (χ0n) is 21.7. The number of carbonyl (C=O) groups is 5. The Balaban J connectivity index is 1.84. The Morgan fingerprint density at radius 2 is 1.90 bits per heavy atom. The van der Waals surface area contributed by atoms with E-state index in [-0.39, 0.29) is 30.8 Å². The van der Waals surface area contributed by atoms with E-state index in [1.165, 1.54) is 4.90 Å². The third-order valence-electron chi connectivity index (χ3n) is 7.86. The van der Waals surface area contributed by atoms with Crippen molar-refractivity contribution < 1.29 is 41.5 Å². The molecule has 0 spiro atoms. The number of alkyl halides is 5. The fourth-order valence-electron chi connectivity index (χ4n) is 5.68. The molecule has 1 aliphatic carbocycles. The fraction of sp³-hybridized carbons (Fsp3) is 0.792. The zero-order valence-corrected chi connectivity index (χ0v) is 22.5. The van der Waals surface area contributed by atoms with Crippen molar-refractivity contribution in [2.24, 2.45) is 23.7 Å². The summed E-state index contributed by atoms with van der Waals surface area (Å²) in [4.78, 5) is 65.1. The Morgan fingerprint density at radius 3 is 2.46 bits per heavy atom. The van der Waals surface area contributed by atoms with E-state index in [1.54, 1.807) is 13.8 Å². The fourth-order valence-corrected chi connectivity index (χ4v) is 5.80. The molecule has 3 rings (SSSR count). The van der Waals surface area contributed by atoms with Crippen LogP contribution in [0, 0.1) is 23.7 Å². The summed E-state index contributed by atoms with van der Waals surface area (Å²) >= 11 is 5.35. The van der Waals surface area contributed by atoms with Crippen molar-refractivity contribution in [1.29, 1.82) is 0 Å². The number of amides is 5. The maximum atomic E-state index is 13.8. The second kappa shape index (κ2) is 12.7. The number of carbonyl (C=O) groups excluding carboxylic acids is 5. The molecule has 3 N–H and O–H groups in total. The van der Waals surface area contributed by atoms with Gasteiger partial charge in [-0.05, 0) is 37.0 Å². The lowest BCUT2D eigenvalue weighted by Crippen LogP contribution is -2.60. The van der Waals surface area contributed by atoms with Crippen LogP contribution < -0.4 is 16.1 Å². The van der Waals surface area contributed by atoms with Gasteiger partial charge in [0.1, 0.15) is 18.5 Å². The molecular formula is C24H34ClF4N5O5. The number of nitrogens with zero attached hydrogens (tertiary/aromatic N) is 2. The van der Waals surface area contributed by atoms with E-state index >= 15 is 0 Å². The Morgan fingerprint density at radius 1 is 1.21 bits per heavy atom. The first-order valence-electron chi connectivity index (χ1n) is 13.1. The lowest BCUT2D eigenvalue weighted by atomic mass is 9.93. The lowest BCUT2D eigenvalue weighted by Gasteiger charge is -2.34. The molecule has 3 fully saturated rings. The van der Waals surface area contributed by atoms with Crippen LogP contribution >= 0.6 is 11.6 Å². The van der Waals surface area contributed by atoms with E-state index in [9.17, 15) is 41.5 Å². The predicted octanol–water partition coefficient (Wildman–Crippen LogP) is 1.63. The topological polar surface area (TPSA) is 128 Å². The Bertz CT molecular complexity index is 968. The average molecular weight is 584 g/mol. The predicted molar refractivity (Wildman–Crippen MR) is 130 cm³/mol. The van der Waals surface area contributed by atoms with E-state index in [0.717, 1.165) is 6.42 Å². The summed E-state index contributed by atoms with van der Waals surface area (Å²) < 4.78 is 52.1. The molecule has 5 amide bonds. The number of hydrogen-bond donors (Lipinski definition) is 3. The van der Waals surface area contributed by atoms with E-state index in [1.807, 2.05) is 0 Å². The average Bonchev–Trinajstić information content (AvgIpc) is 3.55. The van der Waals surface area contributed by atoms with Gasteiger partial charge in [-0.25, -0.2) is 9.40 Å². The largest absolute Gasteiger partial charge is 0.397 e. The molecule has 2 aliphatic heterocycles. The number of fused-ring (bicyclic) bond motifs is 1. The first-order chi connectivity index (χ1) is 18.2. The molecule has 0 aromatic rings. The number of likely N-dealkylation sites (tertiary alicyclic amines) is 1. The molecule has 1 saturated carbocycles. The van der Waals surface area contributed by atoms with Crippen LogP contribution in [-0.2, 0) is 24.0 Å². The van der Waals surface area contributed by atoms with Crippen molar-refractivity contribution in [3.8, 4) is 0 Å². The first kappa shape index (κ1) is 30.9. The third-order valence-corrected chi connectivity index (χ3v) is 8.05. The molecule has 0 radical (unpaired) electrons. The van der Waals surface area contributed by atoms with Gasteiger partial charge >= 0.3 is 6.18 Å². The van der Waals surface area contributed by atoms with Crippen LogP contribution in [0.2, 0.25) is 0 Å². The molecule has 2 saturated heterocycles. The van der Waals surface area contributed by atoms with Gasteiger partial charge in [0.05, 0.1) is 12.5 Å². The second-order valence-electron chi connectivity index (χ2n) is 10.5. The van der Waals surface area contributed by atoms with E-state index in [2.05, 4.69) is 16.1 Å². The normalized spacial score (nSPS) is 26.8. The highest BCUT2D eigenvalue weighted by molar-refractivity contribution is 6.29. The van der Waals surface area contributed by atoms with Gasteiger partial charge in [-0.15, -0.1) is 0 Å². The Hall–Kier alpha value is -2.64. The van der Waals surface area contributed by atoms with E-state index < -0.39 is 65.8 Å². The van der Waals surface area contributed by atoms with Crippen LogP contribution in [0.5, 0.6) is 0 Å². The van der Waals surface area contributed by atoms with Gasteiger partial charge < -0.3 is 15.5 Å². The molecule has 15 heteroatoms. The minimum absolute atomic E-state index is 0.0696. The SMILES string of the molecule is CCC(C)C(NC(=O)CC(F)(F)F)C(=O)N1C[C@@H]2CCC[C@@H]2[C@H]1C(=O)NN(C[C@@H]1CCNC1=O)C(=O)C(F)Cl. The van der Waals surface area contributed by atoms with Gasteiger partial charge in [-0.2, -0.15) is 13.2 Å². The quantitative estimate of drug-likeness (QED) is 0.216. The molecule has 39 heavy (non-hydrogen) atoms. The van der Waals surface area contributed by atoms with Crippen LogP contribution in [0.1, 0.15) is 52.4 Å². The minimum Gasteiger partial charge on any atom is -0.356 e. The van der Waals surface area contributed by atoms with E-state index in [4.69, 9.17) is 11.6 Å². The Labute approximate surface area is 228 Å². The highest BCUT2D eigenvalue weighted by Crippen LogP contribution is 2.43. The molecule has 7 atom stereocenters. The van der Waals surface area contributed by atoms with E-state index in [0.29, 0.717) is 37.2 Å². The molecule has 220 valence electrons. The molecule has 2 heterocycles. The molecule has 0 bridgehead atoms. The van der Waals surface area contributed by atoms with Crippen molar-refractivity contribution in [3.05, 3.63) is 0 Å². The number of nitrogens with one attached hydrogen (secondary N) is 3. The van der Waals surface area contributed by atoms with Crippen molar-refractivity contribution in [3.63, 3.8) is 0 Å². The first-order valence-corrected chi connectivity index (χ1v) is 13.5. The molecule has 0 aromatic heterocycles.